The van der Waals surface area contributed by atoms with Gasteiger partial charge in [0.15, 0.2) is 5.76 Å². The molecular formula is C20H25N3O3. The first-order chi connectivity index (χ1) is 12.5. The molecule has 138 valence electrons. The maximum Gasteiger partial charge on any atom is 0.289 e. The lowest BCUT2D eigenvalue weighted by Gasteiger charge is -2.37. The van der Waals surface area contributed by atoms with Crippen molar-refractivity contribution in [2.24, 2.45) is 0 Å². The van der Waals surface area contributed by atoms with Gasteiger partial charge in [-0.15, -0.1) is 0 Å². The Bertz CT molecular complexity index is 732. The summed E-state index contributed by atoms with van der Waals surface area (Å²) < 4.78 is 5.17. The summed E-state index contributed by atoms with van der Waals surface area (Å²) in [7, 11) is 0. The van der Waals surface area contributed by atoms with Crippen LogP contribution in [0.15, 0.2) is 47.1 Å². The summed E-state index contributed by atoms with van der Waals surface area (Å²) >= 11 is 0. The molecule has 1 N–H and O–H groups in total. The molecule has 0 radical (unpaired) electrons. The highest BCUT2D eigenvalue weighted by Crippen LogP contribution is 2.11. The molecule has 1 aliphatic rings. The Balaban J connectivity index is 1.46. The van der Waals surface area contributed by atoms with Crippen LogP contribution in [0.3, 0.4) is 0 Å². The lowest BCUT2D eigenvalue weighted by atomic mass is 10.1. The normalized spacial score (nSPS) is 16.3. The van der Waals surface area contributed by atoms with E-state index in [0.717, 1.165) is 5.56 Å². The molecule has 0 bridgehead atoms. The average molecular weight is 355 g/mol. The largest absolute Gasteiger partial charge is 0.459 e. The fourth-order valence-electron chi connectivity index (χ4n) is 3.08. The molecule has 0 aliphatic carbocycles. The highest BCUT2D eigenvalue weighted by Gasteiger charge is 2.28. The minimum atomic E-state index is -0.221. The first-order valence-electron chi connectivity index (χ1n) is 8.94. The molecule has 0 spiro atoms. The van der Waals surface area contributed by atoms with Crippen molar-refractivity contribution in [3.63, 3.8) is 0 Å². The Morgan fingerprint density at radius 1 is 1.12 bits per heavy atom. The molecule has 1 saturated heterocycles. The zero-order valence-electron chi connectivity index (χ0n) is 15.3. The van der Waals surface area contributed by atoms with Crippen LogP contribution in [0, 0.1) is 6.92 Å². The quantitative estimate of drug-likeness (QED) is 0.891. The van der Waals surface area contributed by atoms with Crippen LogP contribution < -0.4 is 5.32 Å². The summed E-state index contributed by atoms with van der Waals surface area (Å²) in [5.41, 5.74) is 2.29. The Kier molecular flexibility index (Phi) is 5.73. The van der Waals surface area contributed by atoms with Gasteiger partial charge in [-0.2, -0.15) is 0 Å². The van der Waals surface area contributed by atoms with Gasteiger partial charge in [-0.05, 0) is 31.5 Å². The number of carbonyl (C=O) groups excluding carboxylic acids is 2. The van der Waals surface area contributed by atoms with E-state index >= 15 is 0 Å². The number of carbonyl (C=O) groups is 2. The number of hydrogen-bond acceptors (Lipinski definition) is 4. The van der Waals surface area contributed by atoms with Crippen molar-refractivity contribution < 1.29 is 14.0 Å². The van der Waals surface area contributed by atoms with Gasteiger partial charge < -0.3 is 14.6 Å². The van der Waals surface area contributed by atoms with Crippen LogP contribution in [-0.4, -0.2) is 53.8 Å². The van der Waals surface area contributed by atoms with Crippen LogP contribution in [0.2, 0.25) is 0 Å². The molecule has 1 aliphatic heterocycles. The SMILES string of the molecule is Cc1ccc(CNC(=O)[C@@H](C)N2CCN(C(=O)c3ccco3)CC2)cc1. The molecule has 2 amide bonds. The van der Waals surface area contributed by atoms with Crippen LogP contribution in [0.5, 0.6) is 0 Å². The van der Waals surface area contributed by atoms with Gasteiger partial charge in [0, 0.05) is 32.7 Å². The van der Waals surface area contributed by atoms with Crippen LogP contribution in [0.1, 0.15) is 28.6 Å². The third-order valence-corrected chi connectivity index (χ3v) is 4.85. The van der Waals surface area contributed by atoms with Gasteiger partial charge in [-0.3, -0.25) is 14.5 Å². The van der Waals surface area contributed by atoms with Gasteiger partial charge in [0.2, 0.25) is 5.91 Å². The summed E-state index contributed by atoms with van der Waals surface area (Å²) in [5.74, 6) is 0.282. The van der Waals surface area contributed by atoms with Crippen molar-refractivity contribution in [1.29, 1.82) is 0 Å². The number of hydrogen-bond donors (Lipinski definition) is 1. The van der Waals surface area contributed by atoms with Crippen LogP contribution in [0.25, 0.3) is 0 Å². The molecule has 0 unspecified atom stereocenters. The second-order valence-corrected chi connectivity index (χ2v) is 6.68. The van der Waals surface area contributed by atoms with Crippen molar-refractivity contribution in [1.82, 2.24) is 15.1 Å². The lowest BCUT2D eigenvalue weighted by Crippen LogP contribution is -2.54. The van der Waals surface area contributed by atoms with Gasteiger partial charge in [0.25, 0.3) is 5.91 Å². The predicted octanol–water partition coefficient (Wildman–Crippen LogP) is 2.05. The molecule has 26 heavy (non-hydrogen) atoms. The molecule has 2 aromatic rings. The first-order valence-corrected chi connectivity index (χ1v) is 8.94. The van der Waals surface area contributed by atoms with Crippen LogP contribution in [0.4, 0.5) is 0 Å². The average Bonchev–Trinajstić information content (AvgIpc) is 3.21. The minimum Gasteiger partial charge on any atom is -0.459 e. The zero-order chi connectivity index (χ0) is 18.5. The maximum absolute atomic E-state index is 12.4. The fourth-order valence-corrected chi connectivity index (χ4v) is 3.08. The number of furan rings is 1. The van der Waals surface area contributed by atoms with E-state index in [1.807, 2.05) is 38.1 Å². The number of piperazine rings is 1. The van der Waals surface area contributed by atoms with Gasteiger partial charge in [-0.25, -0.2) is 0 Å². The van der Waals surface area contributed by atoms with E-state index in [2.05, 4.69) is 10.2 Å². The number of nitrogens with one attached hydrogen (secondary N) is 1. The van der Waals surface area contributed by atoms with E-state index in [1.165, 1.54) is 11.8 Å². The van der Waals surface area contributed by atoms with E-state index in [1.54, 1.807) is 17.0 Å². The van der Waals surface area contributed by atoms with Gasteiger partial charge >= 0.3 is 0 Å². The predicted molar refractivity (Wildman–Crippen MR) is 98.7 cm³/mol. The molecule has 1 aromatic carbocycles. The van der Waals surface area contributed by atoms with Crippen molar-refractivity contribution in [3.05, 3.63) is 59.5 Å². The van der Waals surface area contributed by atoms with Gasteiger partial charge in [-0.1, -0.05) is 29.8 Å². The summed E-state index contributed by atoms with van der Waals surface area (Å²) in [6.45, 7) is 7.01. The van der Waals surface area contributed by atoms with E-state index in [-0.39, 0.29) is 17.9 Å². The third kappa shape index (κ3) is 4.32. The van der Waals surface area contributed by atoms with E-state index < -0.39 is 0 Å². The number of amides is 2. The highest BCUT2D eigenvalue weighted by molar-refractivity contribution is 5.91. The van der Waals surface area contributed by atoms with Crippen molar-refractivity contribution in [2.75, 3.05) is 26.2 Å². The monoisotopic (exact) mass is 355 g/mol. The van der Waals surface area contributed by atoms with E-state index in [9.17, 15) is 9.59 Å². The van der Waals surface area contributed by atoms with Gasteiger partial charge in [0.05, 0.1) is 12.3 Å². The first kappa shape index (κ1) is 18.2. The smallest absolute Gasteiger partial charge is 0.289 e. The Morgan fingerprint density at radius 3 is 2.42 bits per heavy atom. The molecule has 6 nitrogen and oxygen atoms in total. The lowest BCUT2D eigenvalue weighted by molar-refractivity contribution is -0.126. The maximum atomic E-state index is 12.4. The minimum absolute atomic E-state index is 0.0105. The van der Waals surface area contributed by atoms with E-state index in [4.69, 9.17) is 4.42 Å². The van der Waals surface area contributed by atoms with Crippen LogP contribution in [-0.2, 0) is 11.3 Å². The van der Waals surface area contributed by atoms with Crippen molar-refractivity contribution in [3.8, 4) is 0 Å². The summed E-state index contributed by atoms with van der Waals surface area (Å²) in [6, 6.07) is 11.3. The highest BCUT2D eigenvalue weighted by atomic mass is 16.3. The Hall–Kier alpha value is -2.60. The Labute approximate surface area is 153 Å². The summed E-state index contributed by atoms with van der Waals surface area (Å²) in [6.07, 6.45) is 1.50. The molecule has 2 heterocycles. The number of rotatable bonds is 5. The molecule has 1 fully saturated rings. The molecule has 1 aromatic heterocycles. The third-order valence-electron chi connectivity index (χ3n) is 4.85. The molecule has 3 rings (SSSR count). The van der Waals surface area contributed by atoms with Crippen LogP contribution >= 0.6 is 0 Å². The molecule has 6 heteroatoms. The molecule has 1 atom stereocenters. The summed E-state index contributed by atoms with van der Waals surface area (Å²) in [4.78, 5) is 28.6. The van der Waals surface area contributed by atoms with Crippen molar-refractivity contribution >= 4 is 11.8 Å². The fraction of sp³-hybridized carbons (Fsp3) is 0.400. The Morgan fingerprint density at radius 2 is 1.81 bits per heavy atom. The van der Waals surface area contributed by atoms with Gasteiger partial charge in [0.1, 0.15) is 0 Å². The number of nitrogens with zero attached hydrogens (tertiary/aromatic N) is 2. The number of benzene rings is 1. The number of aryl methyl sites for hydroxylation is 1. The second-order valence-electron chi connectivity index (χ2n) is 6.68. The standard InChI is InChI=1S/C20H25N3O3/c1-15-5-7-17(8-6-15)14-21-19(24)16(2)22-9-11-23(12-10-22)20(25)18-4-3-13-26-18/h3-8,13,16H,9-12,14H2,1-2H3,(H,21,24)/t16-/m1/s1. The van der Waals surface area contributed by atoms with Crippen molar-refractivity contribution in [2.45, 2.75) is 26.4 Å². The van der Waals surface area contributed by atoms with E-state index in [0.29, 0.717) is 38.5 Å². The topological polar surface area (TPSA) is 65.8 Å². The molecular weight excluding hydrogens is 330 g/mol. The molecule has 0 saturated carbocycles. The second kappa shape index (κ2) is 8.19. The summed E-state index contributed by atoms with van der Waals surface area (Å²) in [5, 5.41) is 3.00. The zero-order valence-corrected chi connectivity index (χ0v) is 15.3.